The third-order valence-electron chi connectivity index (χ3n) is 6.82. The van der Waals surface area contributed by atoms with Crippen molar-refractivity contribution in [1.29, 1.82) is 0 Å². The highest BCUT2D eigenvalue weighted by atomic mass is 16.3. The largest absolute Gasteiger partial charge is 0.508 e. The summed E-state index contributed by atoms with van der Waals surface area (Å²) in [6, 6.07) is 18.2. The number of hydrogen-bond donors (Lipinski definition) is 8. The first-order chi connectivity index (χ1) is 18.6. The van der Waals surface area contributed by atoms with E-state index in [4.69, 9.17) is 0 Å². The fraction of sp³-hybridized carbons (Fsp3) is 0.0968. The van der Waals surface area contributed by atoms with Gasteiger partial charge in [0.2, 0.25) is 0 Å². The van der Waals surface area contributed by atoms with E-state index in [0.717, 1.165) is 0 Å². The Morgan fingerprint density at radius 2 is 0.821 bits per heavy atom. The van der Waals surface area contributed by atoms with Gasteiger partial charge in [-0.15, -0.1) is 0 Å². The van der Waals surface area contributed by atoms with Crippen LogP contribution in [0.1, 0.15) is 33.4 Å². The number of phenolic OH excluding ortho intramolecular Hbond substituents is 8. The first-order valence-corrected chi connectivity index (χ1v) is 12.1. The zero-order chi connectivity index (χ0) is 27.8. The SMILES string of the molecule is Oc1ccc(Cc2cc3ccc(O)c(Cc4ccc(O)c(O)c4)c3c(Cc3ccc(O)c(O)c3)c2O)cc1O. The molecule has 0 saturated heterocycles. The van der Waals surface area contributed by atoms with E-state index in [1.165, 1.54) is 36.4 Å². The second-order valence-electron chi connectivity index (χ2n) is 9.52. The molecule has 0 radical (unpaired) electrons. The average molecular weight is 527 g/mol. The zero-order valence-corrected chi connectivity index (χ0v) is 20.6. The van der Waals surface area contributed by atoms with Crippen LogP contribution in [0.4, 0.5) is 0 Å². The minimum Gasteiger partial charge on any atom is -0.508 e. The van der Waals surface area contributed by atoms with Crippen molar-refractivity contribution in [2.24, 2.45) is 0 Å². The highest BCUT2D eigenvalue weighted by Gasteiger charge is 2.20. The lowest BCUT2D eigenvalue weighted by atomic mass is 9.87. The van der Waals surface area contributed by atoms with Crippen LogP contribution in [0, 0.1) is 0 Å². The van der Waals surface area contributed by atoms with Crippen LogP contribution in [0.15, 0.2) is 72.8 Å². The molecule has 39 heavy (non-hydrogen) atoms. The summed E-state index contributed by atoms with van der Waals surface area (Å²) in [6.07, 6.45) is 0.545. The first kappa shape index (κ1) is 25.4. The summed E-state index contributed by atoms with van der Waals surface area (Å²) in [5, 5.41) is 82.9. The lowest BCUT2D eigenvalue weighted by Gasteiger charge is -2.19. The van der Waals surface area contributed by atoms with Crippen molar-refractivity contribution in [1.82, 2.24) is 0 Å². The first-order valence-electron chi connectivity index (χ1n) is 12.1. The van der Waals surface area contributed by atoms with Gasteiger partial charge in [-0.2, -0.15) is 0 Å². The smallest absolute Gasteiger partial charge is 0.157 e. The molecule has 0 aromatic heterocycles. The predicted octanol–water partition coefficient (Wildman–Crippen LogP) is 5.26. The van der Waals surface area contributed by atoms with E-state index < -0.39 is 0 Å². The third-order valence-corrected chi connectivity index (χ3v) is 6.82. The lowest BCUT2D eigenvalue weighted by Crippen LogP contribution is -2.00. The van der Waals surface area contributed by atoms with Gasteiger partial charge in [-0.25, -0.2) is 0 Å². The van der Waals surface area contributed by atoms with Crippen molar-refractivity contribution in [2.45, 2.75) is 19.3 Å². The third kappa shape index (κ3) is 5.00. The van der Waals surface area contributed by atoms with E-state index in [-0.39, 0.29) is 65.3 Å². The van der Waals surface area contributed by atoms with E-state index in [9.17, 15) is 40.9 Å². The van der Waals surface area contributed by atoms with Gasteiger partial charge in [-0.3, -0.25) is 0 Å². The Hall–Kier alpha value is -5.24. The van der Waals surface area contributed by atoms with Gasteiger partial charge in [-0.1, -0.05) is 24.3 Å². The molecule has 0 aliphatic rings. The van der Waals surface area contributed by atoms with Gasteiger partial charge in [0.05, 0.1) is 0 Å². The molecule has 5 aromatic carbocycles. The van der Waals surface area contributed by atoms with Crippen LogP contribution in [0.5, 0.6) is 46.0 Å². The molecule has 0 amide bonds. The second kappa shape index (κ2) is 9.90. The fourth-order valence-corrected chi connectivity index (χ4v) is 4.85. The molecule has 0 fully saturated rings. The Morgan fingerprint density at radius 3 is 1.31 bits per heavy atom. The summed E-state index contributed by atoms with van der Waals surface area (Å²) in [7, 11) is 0. The minimum atomic E-state index is -0.311. The van der Waals surface area contributed by atoms with E-state index in [1.54, 1.807) is 36.4 Å². The van der Waals surface area contributed by atoms with Crippen molar-refractivity contribution in [3.63, 3.8) is 0 Å². The molecule has 0 bridgehead atoms. The van der Waals surface area contributed by atoms with E-state index in [1.807, 2.05) is 0 Å². The number of rotatable bonds is 6. The zero-order valence-electron chi connectivity index (χ0n) is 20.6. The van der Waals surface area contributed by atoms with Crippen LogP contribution < -0.4 is 0 Å². The number of aromatic hydroxyl groups is 8. The normalized spacial score (nSPS) is 11.2. The van der Waals surface area contributed by atoms with Crippen molar-refractivity contribution in [2.75, 3.05) is 0 Å². The van der Waals surface area contributed by atoms with Gasteiger partial charge in [0.1, 0.15) is 11.5 Å². The molecule has 8 nitrogen and oxygen atoms in total. The number of benzene rings is 5. The Bertz CT molecular complexity index is 1730. The molecule has 0 unspecified atom stereocenters. The molecular weight excluding hydrogens is 500 g/mol. The summed E-state index contributed by atoms with van der Waals surface area (Å²) >= 11 is 0. The monoisotopic (exact) mass is 526 g/mol. The van der Waals surface area contributed by atoms with Crippen molar-refractivity contribution < 1.29 is 40.9 Å². The highest BCUT2D eigenvalue weighted by Crippen LogP contribution is 2.41. The molecule has 0 heterocycles. The van der Waals surface area contributed by atoms with Crippen LogP contribution in [0.25, 0.3) is 10.8 Å². The van der Waals surface area contributed by atoms with Crippen LogP contribution in [0.2, 0.25) is 0 Å². The van der Waals surface area contributed by atoms with E-state index in [2.05, 4.69) is 0 Å². The summed E-state index contributed by atoms with van der Waals surface area (Å²) in [6.45, 7) is 0. The van der Waals surface area contributed by atoms with E-state index in [0.29, 0.717) is 44.2 Å². The molecule has 0 spiro atoms. The molecule has 8 heteroatoms. The molecule has 198 valence electrons. The topological polar surface area (TPSA) is 162 Å². The average Bonchev–Trinajstić information content (AvgIpc) is 2.90. The van der Waals surface area contributed by atoms with Gasteiger partial charge < -0.3 is 40.9 Å². The van der Waals surface area contributed by atoms with Crippen molar-refractivity contribution in [3.05, 3.63) is 106 Å². The molecule has 0 aliphatic heterocycles. The maximum absolute atomic E-state index is 11.5. The molecular formula is C31H26O8. The van der Waals surface area contributed by atoms with Crippen molar-refractivity contribution in [3.8, 4) is 46.0 Å². The maximum atomic E-state index is 11.5. The molecule has 0 atom stereocenters. The van der Waals surface area contributed by atoms with Gasteiger partial charge in [0.25, 0.3) is 0 Å². The van der Waals surface area contributed by atoms with Crippen LogP contribution in [-0.4, -0.2) is 40.9 Å². The molecule has 5 rings (SSSR count). The summed E-state index contributed by atoms with van der Waals surface area (Å²) < 4.78 is 0. The standard InChI is InChI=1S/C31H26O8/c32-23-8-4-19-15-20(9-16-1-5-24(33)27(36)12-16)31(39)22(11-18-3-7-26(35)29(38)14-18)30(19)21(23)10-17-2-6-25(34)28(37)13-17/h1-8,12-15,32-39H,9-11H2. The Kier molecular flexibility index (Phi) is 6.45. The Balaban J connectivity index is 1.70. The minimum absolute atomic E-state index is 0.0273. The maximum Gasteiger partial charge on any atom is 0.157 e. The van der Waals surface area contributed by atoms with Gasteiger partial charge in [0, 0.05) is 30.4 Å². The predicted molar refractivity (Wildman–Crippen MR) is 145 cm³/mol. The lowest BCUT2D eigenvalue weighted by molar-refractivity contribution is 0.403. The van der Waals surface area contributed by atoms with Gasteiger partial charge >= 0.3 is 0 Å². The van der Waals surface area contributed by atoms with Gasteiger partial charge in [-0.05, 0) is 81.6 Å². The second-order valence-corrected chi connectivity index (χ2v) is 9.52. The van der Waals surface area contributed by atoms with Crippen molar-refractivity contribution >= 4 is 10.8 Å². The van der Waals surface area contributed by atoms with Crippen LogP contribution in [-0.2, 0) is 19.3 Å². The van der Waals surface area contributed by atoms with Crippen LogP contribution in [0.3, 0.4) is 0 Å². The molecule has 0 saturated carbocycles. The molecule has 0 aliphatic carbocycles. The Morgan fingerprint density at radius 1 is 0.385 bits per heavy atom. The summed E-state index contributed by atoms with van der Waals surface area (Å²) in [5.74, 6) is -1.77. The fourth-order valence-electron chi connectivity index (χ4n) is 4.85. The van der Waals surface area contributed by atoms with E-state index >= 15 is 0 Å². The quantitative estimate of drug-likeness (QED) is 0.139. The molecule has 8 N–H and O–H groups in total. The number of fused-ring (bicyclic) bond motifs is 1. The highest BCUT2D eigenvalue weighted by molar-refractivity contribution is 5.94. The number of phenols is 8. The summed E-state index contributed by atoms with van der Waals surface area (Å²) in [4.78, 5) is 0. The summed E-state index contributed by atoms with van der Waals surface area (Å²) in [5.41, 5.74) is 3.34. The van der Waals surface area contributed by atoms with Gasteiger partial charge in [0.15, 0.2) is 34.5 Å². The Labute approximate surface area is 223 Å². The number of hydrogen-bond acceptors (Lipinski definition) is 8. The van der Waals surface area contributed by atoms with Crippen LogP contribution >= 0.6 is 0 Å². The molecule has 5 aromatic rings.